The van der Waals surface area contributed by atoms with Crippen LogP contribution < -0.4 is 15.4 Å². The molecule has 138 valence electrons. The highest BCUT2D eigenvalue weighted by Crippen LogP contribution is 2.22. The summed E-state index contributed by atoms with van der Waals surface area (Å²) < 4.78 is 17.0. The number of nitrogens with one attached hydrogen (secondary N) is 2. The Morgan fingerprint density at radius 2 is 2.32 bits per heavy atom. The van der Waals surface area contributed by atoms with Crippen molar-refractivity contribution >= 4 is 5.91 Å². The van der Waals surface area contributed by atoms with Crippen molar-refractivity contribution in [3.05, 3.63) is 29.3 Å². The molecule has 6 nitrogen and oxygen atoms in total. The van der Waals surface area contributed by atoms with Crippen molar-refractivity contribution in [2.45, 2.75) is 44.9 Å². The van der Waals surface area contributed by atoms with E-state index in [-0.39, 0.29) is 18.1 Å². The summed E-state index contributed by atoms with van der Waals surface area (Å²) in [5, 5.41) is 6.28. The second kappa shape index (κ2) is 9.17. The molecular weight excluding hydrogens is 320 g/mol. The van der Waals surface area contributed by atoms with Crippen molar-refractivity contribution in [2.75, 3.05) is 33.0 Å². The third-order valence-electron chi connectivity index (χ3n) is 4.58. The Balaban J connectivity index is 1.50. The largest absolute Gasteiger partial charge is 0.491 e. The van der Waals surface area contributed by atoms with Crippen LogP contribution in [0, 0.1) is 6.92 Å². The highest BCUT2D eigenvalue weighted by Gasteiger charge is 2.18. The van der Waals surface area contributed by atoms with Crippen molar-refractivity contribution in [2.24, 2.45) is 0 Å². The number of aryl methyl sites for hydroxylation is 1. The number of rotatable bonds is 7. The van der Waals surface area contributed by atoms with Crippen LogP contribution in [-0.4, -0.2) is 51.0 Å². The first-order chi connectivity index (χ1) is 12.2. The van der Waals surface area contributed by atoms with Gasteiger partial charge < -0.3 is 24.8 Å². The molecule has 2 unspecified atom stereocenters. The predicted molar refractivity (Wildman–Crippen MR) is 94.7 cm³/mol. The van der Waals surface area contributed by atoms with Crippen LogP contribution in [0.4, 0.5) is 0 Å². The fourth-order valence-electron chi connectivity index (χ4n) is 3.14. The highest BCUT2D eigenvalue weighted by atomic mass is 16.5. The van der Waals surface area contributed by atoms with Crippen LogP contribution in [0.1, 0.15) is 30.4 Å². The van der Waals surface area contributed by atoms with Crippen molar-refractivity contribution in [1.82, 2.24) is 10.6 Å². The molecule has 0 saturated carbocycles. The fraction of sp³-hybridized carbons (Fsp3) is 0.632. The Morgan fingerprint density at radius 1 is 1.40 bits per heavy atom. The van der Waals surface area contributed by atoms with Crippen LogP contribution in [0.2, 0.25) is 0 Å². The van der Waals surface area contributed by atoms with E-state index in [1.807, 2.05) is 25.1 Å². The highest BCUT2D eigenvalue weighted by molar-refractivity contribution is 5.76. The van der Waals surface area contributed by atoms with Crippen molar-refractivity contribution < 1.29 is 19.0 Å². The summed E-state index contributed by atoms with van der Waals surface area (Å²) in [5.41, 5.74) is 2.13. The van der Waals surface area contributed by atoms with E-state index in [4.69, 9.17) is 14.2 Å². The van der Waals surface area contributed by atoms with Crippen LogP contribution >= 0.6 is 0 Å². The number of carbonyl (C=O) groups is 1. The first-order valence-corrected chi connectivity index (χ1v) is 9.12. The third kappa shape index (κ3) is 5.70. The van der Waals surface area contributed by atoms with Gasteiger partial charge in [0, 0.05) is 37.7 Å². The lowest BCUT2D eigenvalue weighted by atomic mass is 10.1. The molecule has 25 heavy (non-hydrogen) atoms. The van der Waals surface area contributed by atoms with Crippen LogP contribution in [0.15, 0.2) is 18.2 Å². The predicted octanol–water partition coefficient (Wildman–Crippen LogP) is 1.55. The Hall–Kier alpha value is -1.63. The minimum atomic E-state index is 0.0219. The molecule has 0 aromatic heterocycles. The Kier molecular flexibility index (Phi) is 6.67. The number of benzene rings is 1. The molecule has 0 aliphatic carbocycles. The van der Waals surface area contributed by atoms with E-state index in [9.17, 15) is 4.79 Å². The van der Waals surface area contributed by atoms with E-state index in [1.165, 1.54) is 0 Å². The van der Waals surface area contributed by atoms with Crippen LogP contribution in [0.5, 0.6) is 5.75 Å². The zero-order chi connectivity index (χ0) is 17.5. The second-order valence-electron chi connectivity index (χ2n) is 6.76. The molecule has 1 aromatic rings. The van der Waals surface area contributed by atoms with Crippen molar-refractivity contribution in [3.8, 4) is 5.75 Å². The van der Waals surface area contributed by atoms with Crippen LogP contribution in [0.3, 0.4) is 0 Å². The van der Waals surface area contributed by atoms with Gasteiger partial charge in [-0.1, -0.05) is 12.1 Å². The summed E-state index contributed by atoms with van der Waals surface area (Å²) in [6.07, 6.45) is 2.76. The first-order valence-electron chi connectivity index (χ1n) is 9.12. The van der Waals surface area contributed by atoms with Crippen LogP contribution in [0.25, 0.3) is 0 Å². The molecule has 1 amide bonds. The number of hydrogen-bond acceptors (Lipinski definition) is 5. The van der Waals surface area contributed by atoms with Crippen molar-refractivity contribution in [1.29, 1.82) is 0 Å². The lowest BCUT2D eigenvalue weighted by molar-refractivity contribution is -0.122. The molecule has 6 heteroatoms. The van der Waals surface area contributed by atoms with Gasteiger partial charge >= 0.3 is 0 Å². The molecule has 2 atom stereocenters. The van der Waals surface area contributed by atoms with E-state index in [0.29, 0.717) is 32.8 Å². The number of morpholine rings is 1. The second-order valence-corrected chi connectivity index (χ2v) is 6.76. The molecule has 2 saturated heterocycles. The SMILES string of the molecule is Cc1ccc(CNC(=O)CC2COCCN2)c(OCC2CCCO2)c1. The fourth-order valence-corrected chi connectivity index (χ4v) is 3.14. The van der Waals surface area contributed by atoms with Gasteiger partial charge in [0.15, 0.2) is 0 Å². The molecule has 2 aliphatic rings. The molecule has 2 fully saturated rings. The van der Waals surface area contributed by atoms with E-state index in [1.54, 1.807) is 0 Å². The maximum absolute atomic E-state index is 12.2. The lowest BCUT2D eigenvalue weighted by Gasteiger charge is -2.23. The quantitative estimate of drug-likeness (QED) is 0.782. The number of carbonyl (C=O) groups excluding carboxylic acids is 1. The number of ether oxygens (including phenoxy) is 3. The van der Waals surface area contributed by atoms with Gasteiger partial charge in [0.1, 0.15) is 12.4 Å². The number of amides is 1. The summed E-state index contributed by atoms with van der Waals surface area (Å²) in [7, 11) is 0. The molecule has 0 radical (unpaired) electrons. The van der Waals surface area contributed by atoms with Gasteiger partial charge in [0.05, 0.1) is 19.3 Å². The van der Waals surface area contributed by atoms with E-state index in [0.717, 1.165) is 42.9 Å². The zero-order valence-electron chi connectivity index (χ0n) is 14.9. The summed E-state index contributed by atoms with van der Waals surface area (Å²) in [6.45, 7) is 6.00. The average molecular weight is 348 g/mol. The summed E-state index contributed by atoms with van der Waals surface area (Å²) >= 11 is 0. The standard InChI is InChI=1S/C19H28N2O4/c1-14-4-5-15(18(9-14)25-13-17-3-2-7-24-17)11-21-19(22)10-16-12-23-8-6-20-16/h4-5,9,16-17,20H,2-3,6-8,10-13H2,1H3,(H,21,22). The molecule has 0 spiro atoms. The molecule has 0 bridgehead atoms. The first kappa shape index (κ1) is 18.2. The van der Waals surface area contributed by atoms with Crippen LogP contribution in [-0.2, 0) is 20.8 Å². The number of hydrogen-bond donors (Lipinski definition) is 2. The Morgan fingerprint density at radius 3 is 3.08 bits per heavy atom. The maximum Gasteiger partial charge on any atom is 0.221 e. The summed E-state index contributed by atoms with van der Waals surface area (Å²) in [5.74, 6) is 0.851. The Bertz CT molecular complexity index is 567. The third-order valence-corrected chi connectivity index (χ3v) is 4.58. The van der Waals surface area contributed by atoms with E-state index >= 15 is 0 Å². The smallest absolute Gasteiger partial charge is 0.221 e. The van der Waals surface area contributed by atoms with Gasteiger partial charge in [-0.2, -0.15) is 0 Å². The van der Waals surface area contributed by atoms with Gasteiger partial charge in [0.2, 0.25) is 5.91 Å². The summed E-state index contributed by atoms with van der Waals surface area (Å²) in [6, 6.07) is 6.17. The van der Waals surface area contributed by atoms with Gasteiger partial charge in [-0.05, 0) is 31.4 Å². The molecule has 3 rings (SSSR count). The molecular formula is C19H28N2O4. The molecule has 2 N–H and O–H groups in total. The van der Waals surface area contributed by atoms with E-state index in [2.05, 4.69) is 10.6 Å². The van der Waals surface area contributed by atoms with E-state index < -0.39 is 0 Å². The summed E-state index contributed by atoms with van der Waals surface area (Å²) in [4.78, 5) is 12.2. The lowest BCUT2D eigenvalue weighted by Crippen LogP contribution is -2.44. The molecule has 1 aromatic carbocycles. The maximum atomic E-state index is 12.2. The van der Waals surface area contributed by atoms with Gasteiger partial charge in [-0.15, -0.1) is 0 Å². The van der Waals surface area contributed by atoms with Gasteiger partial charge in [0.25, 0.3) is 0 Å². The Labute approximate surface area is 149 Å². The van der Waals surface area contributed by atoms with Gasteiger partial charge in [-0.3, -0.25) is 4.79 Å². The minimum absolute atomic E-state index is 0.0219. The minimum Gasteiger partial charge on any atom is -0.491 e. The molecule has 2 heterocycles. The molecule has 2 aliphatic heterocycles. The zero-order valence-corrected chi connectivity index (χ0v) is 14.9. The normalized spacial score (nSPS) is 23.4. The monoisotopic (exact) mass is 348 g/mol. The average Bonchev–Trinajstić information content (AvgIpc) is 3.13. The topological polar surface area (TPSA) is 68.8 Å². The van der Waals surface area contributed by atoms with Crippen molar-refractivity contribution in [3.63, 3.8) is 0 Å². The van der Waals surface area contributed by atoms with Gasteiger partial charge in [-0.25, -0.2) is 0 Å².